The molecule has 0 aliphatic rings. The van der Waals surface area contributed by atoms with Crippen molar-refractivity contribution >= 4 is 21.6 Å². The van der Waals surface area contributed by atoms with Crippen LogP contribution in [0.25, 0.3) is 0 Å². The quantitative estimate of drug-likeness (QED) is 0.422. The molecule has 2 rings (SSSR count). The van der Waals surface area contributed by atoms with Gasteiger partial charge in [-0.15, -0.1) is 6.58 Å². The normalized spacial score (nSPS) is 11.2. The smallest absolute Gasteiger partial charge is 0.339 e. The minimum absolute atomic E-state index is 0.0834. The second-order valence-electron chi connectivity index (χ2n) is 5.95. The first-order chi connectivity index (χ1) is 12.2. The van der Waals surface area contributed by atoms with E-state index in [4.69, 9.17) is 4.74 Å². The summed E-state index contributed by atoms with van der Waals surface area (Å²) in [5.41, 5.74) is 2.05. The first kappa shape index (κ1) is 19.7. The van der Waals surface area contributed by atoms with Crippen LogP contribution >= 0.6 is 0 Å². The van der Waals surface area contributed by atoms with Crippen molar-refractivity contribution in [2.45, 2.75) is 25.3 Å². The second kappa shape index (κ2) is 7.70. The van der Waals surface area contributed by atoms with Gasteiger partial charge in [0.25, 0.3) is 0 Å². The Bertz CT molecular complexity index is 970. The van der Waals surface area contributed by atoms with Gasteiger partial charge in [-0.2, -0.15) is 0 Å². The van der Waals surface area contributed by atoms with Crippen molar-refractivity contribution < 1.29 is 22.7 Å². The molecule has 0 aliphatic carbocycles. The summed E-state index contributed by atoms with van der Waals surface area (Å²) < 4.78 is 30.6. The molecule has 0 N–H and O–H groups in total. The van der Waals surface area contributed by atoms with Crippen molar-refractivity contribution in [3.05, 3.63) is 65.5 Å². The minimum Gasteiger partial charge on any atom is -0.454 e. The maximum atomic E-state index is 12.4. The van der Waals surface area contributed by atoms with E-state index in [9.17, 15) is 18.0 Å². The summed E-state index contributed by atoms with van der Waals surface area (Å²) in [6.45, 7) is 7.49. The number of carbonyl (C=O) groups is 2. The molecule has 0 fully saturated rings. The molecule has 1 heterocycles. The Balaban J connectivity index is 2.18. The van der Waals surface area contributed by atoms with Crippen molar-refractivity contribution in [2.24, 2.45) is 0 Å². The number of benzene rings is 1. The van der Waals surface area contributed by atoms with Crippen molar-refractivity contribution in [1.82, 2.24) is 4.57 Å². The molecule has 0 atom stereocenters. The molecular weight excluding hydrogens is 354 g/mol. The standard InChI is InChI=1S/C19H21NO5S/c1-5-10-20-13(2)11-16(14(20)3)17(21)12-25-19(22)15-8-6-7-9-18(15)26(4,23)24/h5-9,11H,1,10,12H2,2-4H3. The highest BCUT2D eigenvalue weighted by Gasteiger charge is 2.21. The van der Waals surface area contributed by atoms with E-state index < -0.39 is 22.4 Å². The highest BCUT2D eigenvalue weighted by molar-refractivity contribution is 7.90. The van der Waals surface area contributed by atoms with Crippen LogP contribution in [0.15, 0.2) is 47.9 Å². The molecule has 26 heavy (non-hydrogen) atoms. The Kier molecular flexibility index (Phi) is 5.82. The van der Waals surface area contributed by atoms with Gasteiger partial charge in [0.2, 0.25) is 5.78 Å². The Hall–Kier alpha value is -2.67. The first-order valence-corrected chi connectivity index (χ1v) is 9.83. The maximum Gasteiger partial charge on any atom is 0.339 e. The van der Waals surface area contributed by atoms with Crippen LogP contribution in [0.3, 0.4) is 0 Å². The number of carbonyl (C=O) groups excluding carboxylic acids is 2. The molecular formula is C19H21NO5S. The molecule has 0 amide bonds. The largest absolute Gasteiger partial charge is 0.454 e. The summed E-state index contributed by atoms with van der Waals surface area (Å²) in [5.74, 6) is -1.20. The zero-order valence-electron chi connectivity index (χ0n) is 15.0. The lowest BCUT2D eigenvalue weighted by Gasteiger charge is -2.08. The Morgan fingerprint density at radius 2 is 1.85 bits per heavy atom. The van der Waals surface area contributed by atoms with Crippen LogP contribution in [0.1, 0.15) is 32.1 Å². The zero-order valence-corrected chi connectivity index (χ0v) is 15.8. The van der Waals surface area contributed by atoms with Crippen LogP contribution in [0.2, 0.25) is 0 Å². The number of aromatic nitrogens is 1. The van der Waals surface area contributed by atoms with E-state index in [-0.39, 0.29) is 16.2 Å². The average Bonchev–Trinajstić information content (AvgIpc) is 2.87. The Labute approximate surface area is 153 Å². The van der Waals surface area contributed by atoms with E-state index in [1.54, 1.807) is 12.1 Å². The fourth-order valence-corrected chi connectivity index (χ4v) is 3.62. The molecule has 2 aromatic rings. The monoisotopic (exact) mass is 375 g/mol. The number of nitrogens with zero attached hydrogens (tertiary/aromatic N) is 1. The molecule has 138 valence electrons. The van der Waals surface area contributed by atoms with E-state index in [0.29, 0.717) is 12.1 Å². The van der Waals surface area contributed by atoms with Crippen LogP contribution < -0.4 is 0 Å². The topological polar surface area (TPSA) is 82.4 Å². The highest BCUT2D eigenvalue weighted by Crippen LogP contribution is 2.18. The Morgan fingerprint density at radius 1 is 1.19 bits per heavy atom. The number of allylic oxidation sites excluding steroid dienone is 1. The third-order valence-corrected chi connectivity index (χ3v) is 5.18. The SMILES string of the molecule is C=CCn1c(C)cc(C(=O)COC(=O)c2ccccc2S(C)(=O)=O)c1C. The lowest BCUT2D eigenvalue weighted by Crippen LogP contribution is -2.17. The van der Waals surface area contributed by atoms with Gasteiger partial charge in [0.15, 0.2) is 16.4 Å². The van der Waals surface area contributed by atoms with E-state index in [0.717, 1.165) is 17.6 Å². The summed E-state index contributed by atoms with van der Waals surface area (Å²) in [4.78, 5) is 24.5. The van der Waals surface area contributed by atoms with Gasteiger partial charge >= 0.3 is 5.97 Å². The van der Waals surface area contributed by atoms with E-state index in [1.165, 1.54) is 24.3 Å². The summed E-state index contributed by atoms with van der Waals surface area (Å²) in [5, 5.41) is 0. The lowest BCUT2D eigenvalue weighted by molar-refractivity contribution is 0.0470. The average molecular weight is 375 g/mol. The van der Waals surface area contributed by atoms with Crippen LogP contribution in [0.4, 0.5) is 0 Å². The lowest BCUT2D eigenvalue weighted by atomic mass is 10.1. The number of sulfone groups is 1. The zero-order chi connectivity index (χ0) is 19.5. The fourth-order valence-electron chi connectivity index (χ4n) is 2.74. The van der Waals surface area contributed by atoms with Gasteiger partial charge in [-0.25, -0.2) is 13.2 Å². The van der Waals surface area contributed by atoms with Gasteiger partial charge in [0, 0.05) is 29.8 Å². The Morgan fingerprint density at radius 3 is 2.46 bits per heavy atom. The van der Waals surface area contributed by atoms with Gasteiger partial charge in [-0.1, -0.05) is 18.2 Å². The highest BCUT2D eigenvalue weighted by atomic mass is 32.2. The van der Waals surface area contributed by atoms with Crippen LogP contribution in [-0.4, -0.2) is 37.6 Å². The molecule has 1 aromatic heterocycles. The van der Waals surface area contributed by atoms with Gasteiger partial charge in [0.05, 0.1) is 10.5 Å². The number of esters is 1. The molecule has 1 aromatic carbocycles. The second-order valence-corrected chi connectivity index (χ2v) is 7.94. The first-order valence-electron chi connectivity index (χ1n) is 7.93. The third-order valence-electron chi connectivity index (χ3n) is 4.03. The summed E-state index contributed by atoms with van der Waals surface area (Å²) in [6.07, 6.45) is 2.75. The molecule has 0 bridgehead atoms. The fraction of sp³-hybridized carbons (Fsp3) is 0.263. The number of Topliss-reactive ketones (excluding diaryl/α,β-unsaturated/α-hetero) is 1. The van der Waals surface area contributed by atoms with Gasteiger partial charge in [-0.3, -0.25) is 4.79 Å². The minimum atomic E-state index is -3.58. The number of ketones is 1. The van der Waals surface area contributed by atoms with Crippen molar-refractivity contribution in [3.8, 4) is 0 Å². The molecule has 7 heteroatoms. The van der Waals surface area contributed by atoms with Gasteiger partial charge < -0.3 is 9.30 Å². The molecule has 0 unspecified atom stereocenters. The van der Waals surface area contributed by atoms with Crippen molar-refractivity contribution in [3.63, 3.8) is 0 Å². The van der Waals surface area contributed by atoms with E-state index in [1.807, 2.05) is 18.4 Å². The molecule has 0 radical (unpaired) electrons. The third kappa shape index (κ3) is 4.11. The number of ether oxygens (including phenoxy) is 1. The van der Waals surface area contributed by atoms with Crippen LogP contribution in [-0.2, 0) is 21.1 Å². The molecule has 0 saturated heterocycles. The van der Waals surface area contributed by atoms with Gasteiger partial charge in [0.1, 0.15) is 0 Å². The van der Waals surface area contributed by atoms with Crippen molar-refractivity contribution in [1.29, 1.82) is 0 Å². The van der Waals surface area contributed by atoms with Gasteiger partial charge in [-0.05, 0) is 32.0 Å². The van der Waals surface area contributed by atoms with Crippen LogP contribution in [0, 0.1) is 13.8 Å². The predicted octanol–water partition coefficient (Wildman–Crippen LogP) is 2.73. The van der Waals surface area contributed by atoms with E-state index in [2.05, 4.69) is 6.58 Å². The summed E-state index contributed by atoms with van der Waals surface area (Å²) in [6, 6.07) is 7.48. The number of aryl methyl sites for hydroxylation is 1. The maximum absolute atomic E-state index is 12.4. The number of hydrogen-bond donors (Lipinski definition) is 0. The van der Waals surface area contributed by atoms with Crippen LogP contribution in [0.5, 0.6) is 0 Å². The number of hydrogen-bond acceptors (Lipinski definition) is 5. The summed E-state index contributed by atoms with van der Waals surface area (Å²) >= 11 is 0. The molecule has 0 spiro atoms. The van der Waals surface area contributed by atoms with Crippen molar-refractivity contribution in [2.75, 3.05) is 12.9 Å². The van der Waals surface area contributed by atoms with E-state index >= 15 is 0 Å². The molecule has 6 nitrogen and oxygen atoms in total. The molecule has 0 saturated carbocycles. The predicted molar refractivity (Wildman–Crippen MR) is 98.3 cm³/mol. The molecule has 0 aliphatic heterocycles. The number of rotatable bonds is 7. The summed E-state index contributed by atoms with van der Waals surface area (Å²) in [7, 11) is -3.58.